The number of carbonyl (C=O) groups excluding carboxylic acids is 3. The average Bonchev–Trinajstić information content (AvgIpc) is 2.83. The van der Waals surface area contributed by atoms with Crippen LogP contribution >= 0.6 is 39.3 Å². The molecule has 0 saturated heterocycles. The van der Waals surface area contributed by atoms with E-state index in [1.54, 1.807) is 42.5 Å². The zero-order valence-corrected chi connectivity index (χ0v) is 21.2. The number of rotatable bonds is 7. The molecule has 0 fully saturated rings. The van der Waals surface area contributed by atoms with E-state index < -0.39 is 23.7 Å². The number of anilines is 1. The van der Waals surface area contributed by atoms with Crippen molar-refractivity contribution in [2.45, 2.75) is 5.92 Å². The van der Waals surface area contributed by atoms with E-state index in [2.05, 4.69) is 32.6 Å². The Morgan fingerprint density at radius 2 is 1.94 bits per heavy atom. The van der Waals surface area contributed by atoms with Crippen molar-refractivity contribution in [3.63, 3.8) is 0 Å². The number of allylic oxidation sites excluding steroid dienone is 1. The van der Waals surface area contributed by atoms with Crippen LogP contribution in [0.2, 0.25) is 5.02 Å². The number of hydrogen-bond acceptors (Lipinski definition) is 7. The second kappa shape index (κ2) is 11.4. The maximum atomic E-state index is 12.9. The van der Waals surface area contributed by atoms with E-state index in [0.29, 0.717) is 26.5 Å². The van der Waals surface area contributed by atoms with Gasteiger partial charge in [0.1, 0.15) is 11.7 Å². The summed E-state index contributed by atoms with van der Waals surface area (Å²) in [5.41, 5.74) is 1.25. The Hall–Kier alpha value is -3.00. The Bertz CT molecular complexity index is 1200. The summed E-state index contributed by atoms with van der Waals surface area (Å²) in [5, 5.41) is 16.0. The number of esters is 1. The van der Waals surface area contributed by atoms with Crippen molar-refractivity contribution in [2.24, 2.45) is 5.92 Å². The molecule has 2 amide bonds. The molecule has 2 aromatic rings. The summed E-state index contributed by atoms with van der Waals surface area (Å²) in [6.45, 7) is 0. The minimum Gasteiger partial charge on any atom is -0.496 e. The lowest BCUT2D eigenvalue weighted by Gasteiger charge is -2.31. The van der Waals surface area contributed by atoms with E-state index in [4.69, 9.17) is 21.1 Å². The Morgan fingerprint density at radius 3 is 2.53 bits per heavy atom. The molecule has 1 aliphatic heterocycles. The summed E-state index contributed by atoms with van der Waals surface area (Å²) >= 11 is 10.2. The number of thioether (sulfide) groups is 1. The Kier molecular flexibility index (Phi) is 8.61. The quantitative estimate of drug-likeness (QED) is 0.382. The number of nitriles is 1. The molecule has 3 rings (SSSR count). The van der Waals surface area contributed by atoms with Gasteiger partial charge in [-0.1, -0.05) is 29.4 Å². The molecule has 0 aromatic heterocycles. The third-order valence-electron chi connectivity index (χ3n) is 4.99. The monoisotopic (exact) mass is 563 g/mol. The Balaban J connectivity index is 1.92. The fourth-order valence-corrected chi connectivity index (χ4v) is 4.96. The fraction of sp³-hybridized carbons (Fsp3) is 0.217. The minimum absolute atomic E-state index is 0.0780. The molecule has 0 aliphatic carbocycles. The van der Waals surface area contributed by atoms with Crippen LogP contribution in [0.3, 0.4) is 0 Å². The second-order valence-corrected chi connectivity index (χ2v) is 9.34. The molecular formula is C23H19BrClN3O5S. The lowest BCUT2D eigenvalue weighted by atomic mass is 9.78. The second-order valence-electron chi connectivity index (χ2n) is 7.06. The van der Waals surface area contributed by atoms with E-state index in [1.807, 2.05) is 0 Å². The predicted octanol–water partition coefficient (Wildman–Crippen LogP) is 4.22. The topological polar surface area (TPSA) is 118 Å². The molecule has 2 aromatic carbocycles. The molecule has 176 valence electrons. The first-order valence-corrected chi connectivity index (χ1v) is 12.0. The smallest absolute Gasteiger partial charge is 0.319 e. The van der Waals surface area contributed by atoms with Crippen molar-refractivity contribution < 1.29 is 23.9 Å². The lowest BCUT2D eigenvalue weighted by molar-refractivity contribution is -0.150. The Morgan fingerprint density at radius 1 is 1.24 bits per heavy atom. The molecule has 34 heavy (non-hydrogen) atoms. The summed E-state index contributed by atoms with van der Waals surface area (Å²) in [6, 6.07) is 13.7. The largest absolute Gasteiger partial charge is 0.496 e. The predicted molar refractivity (Wildman–Crippen MR) is 132 cm³/mol. The Labute approximate surface area is 213 Å². The lowest BCUT2D eigenvalue weighted by Crippen LogP contribution is -2.44. The van der Waals surface area contributed by atoms with Gasteiger partial charge in [-0.25, -0.2) is 0 Å². The van der Waals surface area contributed by atoms with Crippen LogP contribution in [0.1, 0.15) is 11.5 Å². The highest BCUT2D eigenvalue weighted by Crippen LogP contribution is 2.42. The summed E-state index contributed by atoms with van der Waals surface area (Å²) in [5.74, 6) is -3.44. The first-order chi connectivity index (χ1) is 16.3. The number of nitrogens with one attached hydrogen (secondary N) is 2. The standard InChI is InChI=1S/C23H19BrClN3O5S/c1-32-17-8-3-12(9-16(17)24)19-15(10-26)22(28-21(30)20(19)23(31)33-2)34-11-18(29)27-14-6-4-13(25)5-7-14/h3-9,19-20H,11H2,1-2H3,(H,27,29)(H,28,30)/t19-,20-/m0/s1. The first kappa shape index (κ1) is 25.6. The van der Waals surface area contributed by atoms with Gasteiger partial charge in [-0.3, -0.25) is 14.4 Å². The van der Waals surface area contributed by atoms with Gasteiger partial charge in [-0.15, -0.1) is 0 Å². The molecule has 0 spiro atoms. The van der Waals surface area contributed by atoms with Gasteiger partial charge >= 0.3 is 5.97 Å². The van der Waals surface area contributed by atoms with Crippen LogP contribution in [0.5, 0.6) is 5.75 Å². The maximum absolute atomic E-state index is 12.9. The van der Waals surface area contributed by atoms with Gasteiger partial charge in [-0.05, 0) is 57.9 Å². The zero-order valence-electron chi connectivity index (χ0n) is 18.1. The number of methoxy groups -OCH3 is 2. The summed E-state index contributed by atoms with van der Waals surface area (Å²) < 4.78 is 10.7. The van der Waals surface area contributed by atoms with Gasteiger partial charge in [0, 0.05) is 16.6 Å². The van der Waals surface area contributed by atoms with Crippen LogP contribution in [0.4, 0.5) is 5.69 Å². The highest BCUT2D eigenvalue weighted by Gasteiger charge is 2.44. The van der Waals surface area contributed by atoms with Crippen molar-refractivity contribution in [1.29, 1.82) is 5.26 Å². The summed E-state index contributed by atoms with van der Waals surface area (Å²) in [7, 11) is 2.69. The van der Waals surface area contributed by atoms with Crippen LogP contribution in [-0.4, -0.2) is 37.8 Å². The molecule has 2 N–H and O–H groups in total. The van der Waals surface area contributed by atoms with E-state index in [9.17, 15) is 19.6 Å². The van der Waals surface area contributed by atoms with Crippen molar-refractivity contribution in [2.75, 3.05) is 25.3 Å². The number of halogens is 2. The number of benzene rings is 2. The average molecular weight is 565 g/mol. The van der Waals surface area contributed by atoms with Crippen molar-refractivity contribution >= 4 is 62.8 Å². The molecule has 0 saturated carbocycles. The highest BCUT2D eigenvalue weighted by molar-refractivity contribution is 9.10. The van der Waals surface area contributed by atoms with E-state index >= 15 is 0 Å². The van der Waals surface area contributed by atoms with Gasteiger partial charge < -0.3 is 20.1 Å². The maximum Gasteiger partial charge on any atom is 0.319 e. The van der Waals surface area contributed by atoms with Crippen LogP contribution in [0, 0.1) is 17.2 Å². The van der Waals surface area contributed by atoms with Crippen molar-refractivity contribution in [3.8, 4) is 11.8 Å². The molecule has 1 heterocycles. The molecule has 0 bridgehead atoms. The number of ether oxygens (including phenoxy) is 2. The normalized spacial score (nSPS) is 17.4. The van der Waals surface area contributed by atoms with Crippen molar-refractivity contribution in [1.82, 2.24) is 5.32 Å². The third kappa shape index (κ3) is 5.73. The third-order valence-corrected chi connectivity index (χ3v) is 6.88. The van der Waals surface area contributed by atoms with Crippen LogP contribution in [0.15, 0.2) is 57.5 Å². The van der Waals surface area contributed by atoms with Gasteiger partial charge in [0.2, 0.25) is 11.8 Å². The molecule has 11 heteroatoms. The summed E-state index contributed by atoms with van der Waals surface area (Å²) in [6.07, 6.45) is 0. The molecule has 8 nitrogen and oxygen atoms in total. The number of amides is 2. The molecule has 0 unspecified atom stereocenters. The van der Waals surface area contributed by atoms with Crippen LogP contribution < -0.4 is 15.4 Å². The van der Waals surface area contributed by atoms with Crippen molar-refractivity contribution in [3.05, 3.63) is 68.1 Å². The van der Waals surface area contributed by atoms with Crippen LogP contribution in [0.25, 0.3) is 0 Å². The number of hydrogen-bond donors (Lipinski definition) is 2. The van der Waals surface area contributed by atoms with E-state index in [1.165, 1.54) is 14.2 Å². The highest BCUT2D eigenvalue weighted by atomic mass is 79.9. The van der Waals surface area contributed by atoms with E-state index in [-0.39, 0.29) is 22.3 Å². The minimum atomic E-state index is -1.27. The SMILES string of the molecule is COC(=O)[C@@H]1C(=O)NC(SCC(=O)Nc2ccc(Cl)cc2)=C(C#N)[C@@H]1c1ccc(OC)c(Br)c1. The van der Waals surface area contributed by atoms with Gasteiger partial charge in [-0.2, -0.15) is 5.26 Å². The number of nitrogens with zero attached hydrogens (tertiary/aromatic N) is 1. The number of carbonyl (C=O) groups is 3. The first-order valence-electron chi connectivity index (χ1n) is 9.83. The van der Waals surface area contributed by atoms with Crippen LogP contribution in [-0.2, 0) is 19.1 Å². The van der Waals surface area contributed by atoms with Gasteiger partial charge in [0.05, 0.1) is 41.1 Å². The van der Waals surface area contributed by atoms with Gasteiger partial charge in [0.25, 0.3) is 0 Å². The molecule has 0 radical (unpaired) electrons. The van der Waals surface area contributed by atoms with Gasteiger partial charge in [0.15, 0.2) is 0 Å². The zero-order chi connectivity index (χ0) is 24.8. The van der Waals surface area contributed by atoms with E-state index in [0.717, 1.165) is 11.8 Å². The molecule has 2 atom stereocenters. The molecule has 1 aliphatic rings. The summed E-state index contributed by atoms with van der Waals surface area (Å²) in [4.78, 5) is 37.8. The molecular weight excluding hydrogens is 546 g/mol. The fourth-order valence-electron chi connectivity index (χ4n) is 3.42.